The number of hydrogen-bond donors (Lipinski definition) is 2. The van der Waals surface area contributed by atoms with E-state index in [2.05, 4.69) is 16.7 Å². The first-order valence-electron chi connectivity index (χ1n) is 12.0. The van der Waals surface area contributed by atoms with Gasteiger partial charge in [-0.3, -0.25) is 9.59 Å². The van der Waals surface area contributed by atoms with Crippen LogP contribution < -0.4 is 10.6 Å². The Hall–Kier alpha value is -1.65. The summed E-state index contributed by atoms with van der Waals surface area (Å²) in [6.07, 6.45) is 9.92. The summed E-state index contributed by atoms with van der Waals surface area (Å²) in [4.78, 5) is 29.0. The highest BCUT2D eigenvalue weighted by atomic mass is 16.2. The van der Waals surface area contributed by atoms with Crippen molar-refractivity contribution < 1.29 is 9.59 Å². The second-order valence-electron chi connectivity index (χ2n) is 10.5. The number of nitrogens with zero attached hydrogens (tertiary/aromatic N) is 3. The molecule has 0 aromatic rings. The fourth-order valence-electron chi connectivity index (χ4n) is 7.42. The predicted octanol–water partition coefficient (Wildman–Crippen LogP) is 1.25. The zero-order valence-electron chi connectivity index (χ0n) is 17.9. The minimum Gasteiger partial charge on any atom is -0.342 e. The van der Waals surface area contributed by atoms with Gasteiger partial charge in [-0.05, 0) is 75.5 Å². The van der Waals surface area contributed by atoms with Gasteiger partial charge in [0.1, 0.15) is 6.04 Å². The number of carbonyl (C=O) groups excluding carboxylic acids is 2. The minimum atomic E-state index is -0.239. The molecule has 0 aromatic carbocycles. The largest absolute Gasteiger partial charge is 0.342 e. The van der Waals surface area contributed by atoms with Crippen molar-refractivity contribution in [3.05, 3.63) is 0 Å². The lowest BCUT2D eigenvalue weighted by molar-refractivity contribution is -0.132. The summed E-state index contributed by atoms with van der Waals surface area (Å²) in [7, 11) is 0. The second kappa shape index (κ2) is 8.12. The summed E-state index contributed by atoms with van der Waals surface area (Å²) in [6.45, 7) is 3.40. The smallest absolute Gasteiger partial charge is 0.237 e. The highest BCUT2D eigenvalue weighted by Crippen LogP contribution is 2.55. The first-order valence-corrected chi connectivity index (χ1v) is 12.0. The number of carbonyl (C=O) groups is 2. The van der Waals surface area contributed by atoms with Crippen LogP contribution in [0.3, 0.4) is 0 Å². The Morgan fingerprint density at radius 3 is 2.40 bits per heavy atom. The third-order valence-corrected chi connectivity index (χ3v) is 8.56. The summed E-state index contributed by atoms with van der Waals surface area (Å²) < 4.78 is 0. The molecule has 4 saturated carbocycles. The van der Waals surface area contributed by atoms with Crippen LogP contribution in [0.4, 0.5) is 0 Å². The summed E-state index contributed by atoms with van der Waals surface area (Å²) in [5.74, 6) is 2.29. The Labute approximate surface area is 179 Å². The molecule has 0 radical (unpaired) electrons. The molecule has 2 N–H and O–H groups in total. The molecule has 7 nitrogen and oxygen atoms in total. The van der Waals surface area contributed by atoms with Crippen LogP contribution >= 0.6 is 0 Å². The highest BCUT2D eigenvalue weighted by molar-refractivity contribution is 5.79. The quantitative estimate of drug-likeness (QED) is 0.684. The van der Waals surface area contributed by atoms with Gasteiger partial charge in [0.05, 0.1) is 19.2 Å². The standard InChI is InChI=1S/C23H35N5O2/c24-13-19-4-3-7-28(19)21(30)15-26-23-10-16-8-17(11-23)22(18(9-16)12-23)25-14-20(29)27-5-1-2-6-27/h16-19,22,25-26H,1-12,14-15H2/t16?,17?,18?,19-,22?,23?/m0/s1. The van der Waals surface area contributed by atoms with E-state index in [9.17, 15) is 14.9 Å². The molecule has 4 aliphatic carbocycles. The summed E-state index contributed by atoms with van der Waals surface area (Å²) in [5.41, 5.74) is 0.0746. The van der Waals surface area contributed by atoms with Crippen LogP contribution in [-0.2, 0) is 9.59 Å². The summed E-state index contributed by atoms with van der Waals surface area (Å²) in [6, 6.07) is 2.48. The van der Waals surface area contributed by atoms with Crippen molar-refractivity contribution in [2.45, 2.75) is 75.4 Å². The summed E-state index contributed by atoms with van der Waals surface area (Å²) in [5, 5.41) is 16.6. The van der Waals surface area contributed by atoms with E-state index in [1.54, 1.807) is 4.90 Å². The van der Waals surface area contributed by atoms with Gasteiger partial charge in [-0.1, -0.05) is 0 Å². The maximum atomic E-state index is 12.7. The fourth-order valence-corrected chi connectivity index (χ4v) is 7.42. The van der Waals surface area contributed by atoms with Gasteiger partial charge >= 0.3 is 0 Å². The van der Waals surface area contributed by atoms with Crippen molar-refractivity contribution in [1.82, 2.24) is 20.4 Å². The maximum Gasteiger partial charge on any atom is 0.237 e. The first kappa shape index (κ1) is 20.3. The lowest BCUT2D eigenvalue weighted by Crippen LogP contribution is -2.66. The zero-order chi connectivity index (χ0) is 20.7. The SMILES string of the molecule is N#C[C@@H]1CCCN1C(=O)CNC12CC3CC(C1)C(NCC(=O)N1CCCC1)C(C3)C2. The number of nitrogens with one attached hydrogen (secondary N) is 2. The molecule has 0 spiro atoms. The third kappa shape index (κ3) is 3.73. The Balaban J connectivity index is 1.17. The van der Waals surface area contributed by atoms with Crippen molar-refractivity contribution in [2.75, 3.05) is 32.7 Å². The van der Waals surface area contributed by atoms with Crippen LogP contribution in [0.5, 0.6) is 0 Å². The van der Waals surface area contributed by atoms with E-state index in [0.717, 1.165) is 64.1 Å². The van der Waals surface area contributed by atoms with Crippen LogP contribution in [0.25, 0.3) is 0 Å². The van der Waals surface area contributed by atoms with E-state index in [1.807, 2.05) is 4.90 Å². The van der Waals surface area contributed by atoms with Gasteiger partial charge in [0, 0.05) is 31.2 Å². The third-order valence-electron chi connectivity index (χ3n) is 8.56. The molecule has 30 heavy (non-hydrogen) atoms. The zero-order valence-corrected chi connectivity index (χ0v) is 17.9. The Morgan fingerprint density at radius 1 is 0.967 bits per heavy atom. The summed E-state index contributed by atoms with van der Waals surface area (Å²) >= 11 is 0. The van der Waals surface area contributed by atoms with Gasteiger partial charge in [0.15, 0.2) is 0 Å². The van der Waals surface area contributed by atoms with Gasteiger partial charge < -0.3 is 20.4 Å². The lowest BCUT2D eigenvalue weighted by atomic mass is 9.51. The number of nitriles is 1. The molecule has 2 unspecified atom stereocenters. The van der Waals surface area contributed by atoms with E-state index >= 15 is 0 Å². The Bertz CT molecular complexity index is 712. The van der Waals surface area contributed by atoms with Crippen molar-refractivity contribution >= 4 is 11.8 Å². The van der Waals surface area contributed by atoms with Crippen molar-refractivity contribution in [1.29, 1.82) is 5.26 Å². The number of rotatable bonds is 6. The van der Waals surface area contributed by atoms with Gasteiger partial charge in [0.25, 0.3) is 0 Å². The molecule has 2 saturated heterocycles. The minimum absolute atomic E-state index is 0.0746. The Morgan fingerprint density at radius 2 is 1.70 bits per heavy atom. The molecule has 2 aliphatic heterocycles. The molecule has 3 atom stereocenters. The average Bonchev–Trinajstić information content (AvgIpc) is 3.42. The predicted molar refractivity (Wildman–Crippen MR) is 112 cm³/mol. The topological polar surface area (TPSA) is 88.5 Å². The molecule has 0 aromatic heterocycles. The number of hydrogen-bond acceptors (Lipinski definition) is 5. The molecule has 164 valence electrons. The Kier molecular flexibility index (Phi) is 5.49. The van der Waals surface area contributed by atoms with E-state index in [-0.39, 0.29) is 23.4 Å². The number of likely N-dealkylation sites (tertiary alicyclic amines) is 2. The maximum absolute atomic E-state index is 12.7. The van der Waals surface area contributed by atoms with Crippen molar-refractivity contribution in [3.8, 4) is 6.07 Å². The molecule has 6 rings (SSSR count). The highest BCUT2D eigenvalue weighted by Gasteiger charge is 2.55. The van der Waals surface area contributed by atoms with E-state index in [1.165, 1.54) is 19.3 Å². The van der Waals surface area contributed by atoms with E-state index in [0.29, 0.717) is 31.0 Å². The van der Waals surface area contributed by atoms with Gasteiger partial charge in [-0.15, -0.1) is 0 Å². The number of amides is 2. The first-order chi connectivity index (χ1) is 14.6. The molecular formula is C23H35N5O2. The monoisotopic (exact) mass is 413 g/mol. The molecular weight excluding hydrogens is 378 g/mol. The van der Waals surface area contributed by atoms with E-state index < -0.39 is 0 Å². The van der Waals surface area contributed by atoms with Gasteiger partial charge in [-0.2, -0.15) is 5.26 Å². The van der Waals surface area contributed by atoms with E-state index in [4.69, 9.17) is 0 Å². The molecule has 4 bridgehead atoms. The van der Waals surface area contributed by atoms with Crippen molar-refractivity contribution in [3.63, 3.8) is 0 Å². The average molecular weight is 414 g/mol. The van der Waals surface area contributed by atoms with Gasteiger partial charge in [0.2, 0.25) is 11.8 Å². The van der Waals surface area contributed by atoms with Crippen LogP contribution in [0.15, 0.2) is 0 Å². The lowest BCUT2D eigenvalue weighted by Gasteiger charge is -2.60. The normalized spacial score (nSPS) is 39.5. The van der Waals surface area contributed by atoms with Crippen LogP contribution in [-0.4, -0.2) is 72.0 Å². The van der Waals surface area contributed by atoms with Crippen LogP contribution in [0.2, 0.25) is 0 Å². The molecule has 7 heteroatoms. The van der Waals surface area contributed by atoms with Crippen molar-refractivity contribution in [2.24, 2.45) is 17.8 Å². The molecule has 6 fully saturated rings. The molecule has 6 aliphatic rings. The van der Waals surface area contributed by atoms with Gasteiger partial charge in [-0.25, -0.2) is 0 Å². The van der Waals surface area contributed by atoms with Crippen LogP contribution in [0, 0.1) is 29.1 Å². The fraction of sp³-hybridized carbons (Fsp3) is 0.870. The molecule has 2 amide bonds. The second-order valence-corrected chi connectivity index (χ2v) is 10.5. The van der Waals surface area contributed by atoms with Crippen LogP contribution in [0.1, 0.15) is 57.8 Å². The molecule has 2 heterocycles.